The number of terminal acetylenes is 1. The lowest BCUT2D eigenvalue weighted by Gasteiger charge is -2.21. The molecule has 1 heterocycles. The molecular weight excluding hydrogens is 352 g/mol. The number of carbonyl (C=O) groups excluding carboxylic acids is 1. The molecule has 0 bridgehead atoms. The minimum Gasteiger partial charge on any atom is -0.357 e. The Morgan fingerprint density at radius 2 is 2.16 bits per heavy atom. The van der Waals surface area contributed by atoms with E-state index in [0.717, 1.165) is 23.4 Å². The van der Waals surface area contributed by atoms with Gasteiger partial charge in [-0.25, -0.2) is 4.98 Å². The maximum Gasteiger partial charge on any atom is 0.230 e. The van der Waals surface area contributed by atoms with Crippen molar-refractivity contribution in [3.05, 3.63) is 40.9 Å². The molecule has 0 saturated heterocycles. The Hall–Kier alpha value is -2.43. The fraction of sp³-hybridized carbons (Fsp3) is 0.278. The van der Waals surface area contributed by atoms with Crippen LogP contribution in [0.3, 0.4) is 0 Å². The van der Waals surface area contributed by atoms with E-state index in [-0.39, 0.29) is 5.91 Å². The number of benzene rings is 1. The SMILES string of the molecule is C#CCNC(=S)NCc1csc(N(C(C)=O)c2ccccc2CC)n1. The zero-order chi connectivity index (χ0) is 18.2. The summed E-state index contributed by atoms with van der Waals surface area (Å²) in [6.07, 6.45) is 6.02. The van der Waals surface area contributed by atoms with Crippen molar-refractivity contribution >= 4 is 45.4 Å². The smallest absolute Gasteiger partial charge is 0.230 e. The lowest BCUT2D eigenvalue weighted by molar-refractivity contribution is -0.115. The second-order valence-electron chi connectivity index (χ2n) is 5.20. The van der Waals surface area contributed by atoms with E-state index in [2.05, 4.69) is 28.5 Å². The zero-order valence-electron chi connectivity index (χ0n) is 14.2. The summed E-state index contributed by atoms with van der Waals surface area (Å²) in [6, 6.07) is 7.87. The number of aromatic nitrogens is 1. The summed E-state index contributed by atoms with van der Waals surface area (Å²) in [4.78, 5) is 18.5. The third-order valence-corrected chi connectivity index (χ3v) is 4.60. The first-order chi connectivity index (χ1) is 12.1. The molecule has 2 N–H and O–H groups in total. The monoisotopic (exact) mass is 372 g/mol. The van der Waals surface area contributed by atoms with Crippen LogP contribution in [0.1, 0.15) is 25.1 Å². The van der Waals surface area contributed by atoms with E-state index in [1.807, 2.05) is 29.6 Å². The van der Waals surface area contributed by atoms with E-state index in [9.17, 15) is 4.79 Å². The molecule has 2 rings (SSSR count). The molecule has 2 aromatic rings. The number of anilines is 2. The predicted molar refractivity (Wildman–Crippen MR) is 107 cm³/mol. The Labute approximate surface area is 157 Å². The lowest BCUT2D eigenvalue weighted by atomic mass is 10.1. The van der Waals surface area contributed by atoms with Crippen LogP contribution in [0.15, 0.2) is 29.6 Å². The highest BCUT2D eigenvalue weighted by Crippen LogP contribution is 2.31. The van der Waals surface area contributed by atoms with E-state index in [4.69, 9.17) is 18.6 Å². The maximum atomic E-state index is 12.2. The summed E-state index contributed by atoms with van der Waals surface area (Å²) in [5.41, 5.74) is 2.79. The van der Waals surface area contributed by atoms with E-state index in [1.165, 1.54) is 11.3 Å². The first kappa shape index (κ1) is 18.9. The molecule has 0 unspecified atom stereocenters. The van der Waals surface area contributed by atoms with Gasteiger partial charge >= 0.3 is 0 Å². The van der Waals surface area contributed by atoms with Gasteiger partial charge in [-0.3, -0.25) is 9.69 Å². The van der Waals surface area contributed by atoms with Crippen LogP contribution in [0.25, 0.3) is 0 Å². The zero-order valence-corrected chi connectivity index (χ0v) is 15.8. The van der Waals surface area contributed by atoms with Crippen LogP contribution in [0.4, 0.5) is 10.8 Å². The Morgan fingerprint density at radius 1 is 1.40 bits per heavy atom. The molecule has 0 saturated carbocycles. The number of thiazole rings is 1. The number of para-hydroxylation sites is 1. The summed E-state index contributed by atoms with van der Waals surface area (Å²) >= 11 is 6.55. The highest BCUT2D eigenvalue weighted by Gasteiger charge is 2.20. The first-order valence-electron chi connectivity index (χ1n) is 7.85. The molecule has 0 aliphatic rings. The maximum absolute atomic E-state index is 12.2. The second kappa shape index (κ2) is 9.16. The Bertz CT molecular complexity index is 794. The number of nitrogens with one attached hydrogen (secondary N) is 2. The van der Waals surface area contributed by atoms with Crippen LogP contribution < -0.4 is 15.5 Å². The van der Waals surface area contributed by atoms with Crippen LogP contribution in [-0.4, -0.2) is 22.5 Å². The van der Waals surface area contributed by atoms with Crippen molar-refractivity contribution in [1.29, 1.82) is 0 Å². The van der Waals surface area contributed by atoms with Crippen LogP contribution in [-0.2, 0) is 17.8 Å². The minimum atomic E-state index is -0.0685. The molecule has 0 fully saturated rings. The number of rotatable bonds is 6. The van der Waals surface area contributed by atoms with Gasteiger partial charge in [-0.05, 0) is 30.3 Å². The average Bonchev–Trinajstić information content (AvgIpc) is 3.07. The molecule has 0 aliphatic carbocycles. The van der Waals surface area contributed by atoms with Gasteiger partial charge in [0.25, 0.3) is 0 Å². The molecule has 0 atom stereocenters. The van der Waals surface area contributed by atoms with Crippen molar-refractivity contribution in [3.63, 3.8) is 0 Å². The normalized spacial score (nSPS) is 9.96. The molecule has 0 aliphatic heterocycles. The minimum absolute atomic E-state index is 0.0685. The fourth-order valence-corrected chi connectivity index (χ4v) is 3.30. The van der Waals surface area contributed by atoms with Crippen molar-refractivity contribution in [3.8, 4) is 12.3 Å². The third kappa shape index (κ3) is 5.02. The molecule has 1 aromatic carbocycles. The molecule has 7 heteroatoms. The van der Waals surface area contributed by atoms with Gasteiger partial charge in [0, 0.05) is 12.3 Å². The summed E-state index contributed by atoms with van der Waals surface area (Å²) in [5.74, 6) is 2.39. The van der Waals surface area contributed by atoms with Gasteiger partial charge in [0.1, 0.15) is 0 Å². The van der Waals surface area contributed by atoms with Crippen molar-refractivity contribution in [2.24, 2.45) is 0 Å². The van der Waals surface area contributed by atoms with Crippen molar-refractivity contribution < 1.29 is 4.79 Å². The van der Waals surface area contributed by atoms with Crippen LogP contribution >= 0.6 is 23.6 Å². The largest absolute Gasteiger partial charge is 0.357 e. The topological polar surface area (TPSA) is 57.3 Å². The van der Waals surface area contributed by atoms with Gasteiger partial charge in [-0.2, -0.15) is 0 Å². The average molecular weight is 373 g/mol. The standard InChI is InChI=1S/C18H20N4OS2/c1-4-10-19-17(24)20-11-15-12-25-18(21-15)22(13(3)23)16-9-7-6-8-14(16)5-2/h1,6-9,12H,5,10-11H2,2-3H3,(H2,19,20,24). The number of aryl methyl sites for hydroxylation is 1. The lowest BCUT2D eigenvalue weighted by Crippen LogP contribution is -2.35. The van der Waals surface area contributed by atoms with Gasteiger partial charge in [-0.15, -0.1) is 17.8 Å². The number of thiocarbonyl (C=S) groups is 1. The summed E-state index contributed by atoms with van der Waals surface area (Å²) in [7, 11) is 0. The van der Waals surface area contributed by atoms with E-state index >= 15 is 0 Å². The first-order valence-corrected chi connectivity index (χ1v) is 9.13. The molecule has 0 spiro atoms. The number of carbonyl (C=O) groups is 1. The number of hydrogen-bond donors (Lipinski definition) is 2. The highest BCUT2D eigenvalue weighted by atomic mass is 32.1. The van der Waals surface area contributed by atoms with Gasteiger partial charge < -0.3 is 10.6 Å². The quantitative estimate of drug-likeness (QED) is 0.603. The summed E-state index contributed by atoms with van der Waals surface area (Å²) in [5, 5.41) is 8.97. The van der Waals surface area contributed by atoms with Gasteiger partial charge in [0.15, 0.2) is 10.2 Å². The Kier molecular flexibility index (Phi) is 6.92. The van der Waals surface area contributed by atoms with Crippen LogP contribution in [0.2, 0.25) is 0 Å². The molecular formula is C18H20N4OS2. The van der Waals surface area contributed by atoms with E-state index < -0.39 is 0 Å². The van der Waals surface area contributed by atoms with Crippen molar-refractivity contribution in [2.75, 3.05) is 11.4 Å². The predicted octanol–water partition coefficient (Wildman–Crippen LogP) is 2.99. The van der Waals surface area contributed by atoms with Crippen LogP contribution in [0, 0.1) is 12.3 Å². The van der Waals surface area contributed by atoms with E-state index in [0.29, 0.717) is 23.3 Å². The van der Waals surface area contributed by atoms with E-state index in [1.54, 1.807) is 11.8 Å². The van der Waals surface area contributed by atoms with Gasteiger partial charge in [-0.1, -0.05) is 31.0 Å². The Balaban J connectivity index is 2.16. The number of hydrogen-bond acceptors (Lipinski definition) is 4. The van der Waals surface area contributed by atoms with Gasteiger partial charge in [0.05, 0.1) is 24.5 Å². The second-order valence-corrected chi connectivity index (χ2v) is 6.44. The molecule has 1 amide bonds. The summed E-state index contributed by atoms with van der Waals surface area (Å²) < 4.78 is 0. The number of nitrogens with zero attached hydrogens (tertiary/aromatic N) is 2. The van der Waals surface area contributed by atoms with Gasteiger partial charge in [0.2, 0.25) is 5.91 Å². The number of amides is 1. The van der Waals surface area contributed by atoms with Crippen molar-refractivity contribution in [1.82, 2.24) is 15.6 Å². The Morgan fingerprint density at radius 3 is 2.84 bits per heavy atom. The van der Waals surface area contributed by atoms with Crippen molar-refractivity contribution in [2.45, 2.75) is 26.8 Å². The third-order valence-electron chi connectivity index (χ3n) is 3.44. The molecule has 25 heavy (non-hydrogen) atoms. The highest BCUT2D eigenvalue weighted by molar-refractivity contribution is 7.80. The molecule has 5 nitrogen and oxygen atoms in total. The fourth-order valence-electron chi connectivity index (χ4n) is 2.28. The molecule has 0 radical (unpaired) electrons. The molecule has 130 valence electrons. The van der Waals surface area contributed by atoms with Crippen LogP contribution in [0.5, 0.6) is 0 Å². The summed E-state index contributed by atoms with van der Waals surface area (Å²) in [6.45, 7) is 4.46. The molecule has 1 aromatic heterocycles.